The van der Waals surface area contributed by atoms with Crippen LogP contribution in [0.5, 0.6) is 0 Å². The maximum absolute atomic E-state index is 6.57. The van der Waals surface area contributed by atoms with Gasteiger partial charge in [0.2, 0.25) is 0 Å². The van der Waals surface area contributed by atoms with Crippen LogP contribution in [0.3, 0.4) is 0 Å². The molecule has 0 saturated carbocycles. The molecule has 2 nitrogen and oxygen atoms in total. The van der Waals surface area contributed by atoms with Gasteiger partial charge in [-0.15, -0.1) is 0 Å². The number of hydrogen-bond donors (Lipinski definition) is 1. The van der Waals surface area contributed by atoms with Crippen molar-refractivity contribution in [2.24, 2.45) is 0 Å². The lowest BCUT2D eigenvalue weighted by atomic mass is 9.75. The Bertz CT molecular complexity index is 581. The minimum atomic E-state index is -0.405. The van der Waals surface area contributed by atoms with Crippen LogP contribution in [-0.2, 0) is 10.3 Å². The zero-order valence-corrected chi connectivity index (χ0v) is 14.7. The molecular formula is C20H26B2NO. The summed E-state index contributed by atoms with van der Waals surface area (Å²) in [6.07, 6.45) is 4.75. The van der Waals surface area contributed by atoms with Crippen LogP contribution < -0.4 is 5.23 Å². The molecular weight excluding hydrogens is 292 g/mol. The fourth-order valence-electron chi connectivity index (χ4n) is 3.86. The predicted octanol–water partition coefficient (Wildman–Crippen LogP) is 4.38. The summed E-state index contributed by atoms with van der Waals surface area (Å²) >= 11 is 0. The second-order valence-corrected chi connectivity index (χ2v) is 6.64. The van der Waals surface area contributed by atoms with E-state index in [1.54, 1.807) is 0 Å². The second-order valence-electron chi connectivity index (χ2n) is 6.64. The Balaban J connectivity index is 1.96. The predicted molar refractivity (Wildman–Crippen MR) is 104 cm³/mol. The SMILES string of the molecule is C[B]CCCC[C@@H]1NB(C)OC1(c1ccccc1)c1ccccc1. The third-order valence-corrected chi connectivity index (χ3v) is 4.93. The van der Waals surface area contributed by atoms with Gasteiger partial charge in [-0.3, -0.25) is 0 Å². The number of hydrogen-bond acceptors (Lipinski definition) is 2. The lowest BCUT2D eigenvalue weighted by Gasteiger charge is -2.36. The summed E-state index contributed by atoms with van der Waals surface area (Å²) in [6.45, 7) is 4.25. The molecule has 123 valence electrons. The maximum Gasteiger partial charge on any atom is 0.377 e. The van der Waals surface area contributed by atoms with Crippen molar-refractivity contribution in [3.8, 4) is 0 Å². The first-order valence-electron chi connectivity index (χ1n) is 9.10. The first kappa shape index (κ1) is 17.3. The van der Waals surface area contributed by atoms with Crippen LogP contribution >= 0.6 is 0 Å². The Hall–Kier alpha value is -1.51. The third kappa shape index (κ3) is 3.45. The van der Waals surface area contributed by atoms with Gasteiger partial charge in [-0.2, -0.15) is 0 Å². The maximum atomic E-state index is 6.57. The van der Waals surface area contributed by atoms with Crippen molar-refractivity contribution in [2.45, 2.75) is 50.9 Å². The lowest BCUT2D eigenvalue weighted by molar-refractivity contribution is 0.109. The summed E-state index contributed by atoms with van der Waals surface area (Å²) in [6, 6.07) is 21.6. The Morgan fingerprint density at radius 2 is 1.58 bits per heavy atom. The van der Waals surface area contributed by atoms with E-state index in [1.165, 1.54) is 30.3 Å². The average Bonchev–Trinajstić information content (AvgIpc) is 2.98. The molecule has 4 heteroatoms. The minimum Gasteiger partial charge on any atom is -0.406 e. The van der Waals surface area contributed by atoms with Gasteiger partial charge in [0.05, 0.1) is 0 Å². The molecule has 2 aromatic carbocycles. The zero-order valence-electron chi connectivity index (χ0n) is 14.7. The van der Waals surface area contributed by atoms with E-state index in [9.17, 15) is 0 Å². The fraction of sp³-hybridized carbons (Fsp3) is 0.400. The first-order valence-corrected chi connectivity index (χ1v) is 9.10. The second kappa shape index (κ2) is 8.04. The fourth-order valence-corrected chi connectivity index (χ4v) is 3.86. The molecule has 0 aliphatic carbocycles. The van der Waals surface area contributed by atoms with Gasteiger partial charge >= 0.3 is 7.05 Å². The van der Waals surface area contributed by atoms with E-state index in [2.05, 4.69) is 86.8 Å². The average molecular weight is 318 g/mol. The number of nitrogens with one attached hydrogen (secondary N) is 1. The van der Waals surface area contributed by atoms with Gasteiger partial charge in [0.15, 0.2) is 0 Å². The summed E-state index contributed by atoms with van der Waals surface area (Å²) in [7, 11) is 2.30. The highest BCUT2D eigenvalue weighted by atomic mass is 16.5. The van der Waals surface area contributed by atoms with Crippen molar-refractivity contribution >= 4 is 14.3 Å². The number of unbranched alkanes of at least 4 members (excludes halogenated alkanes) is 1. The summed E-state index contributed by atoms with van der Waals surface area (Å²) in [5.41, 5.74) is 2.07. The molecule has 24 heavy (non-hydrogen) atoms. The van der Waals surface area contributed by atoms with Crippen LogP contribution in [-0.4, -0.2) is 20.4 Å². The van der Waals surface area contributed by atoms with Crippen LogP contribution in [0.1, 0.15) is 30.4 Å². The largest absolute Gasteiger partial charge is 0.406 e. The van der Waals surface area contributed by atoms with Crippen molar-refractivity contribution < 1.29 is 4.65 Å². The van der Waals surface area contributed by atoms with Gasteiger partial charge in [-0.1, -0.05) is 86.6 Å². The van der Waals surface area contributed by atoms with Gasteiger partial charge in [0.25, 0.3) is 0 Å². The van der Waals surface area contributed by atoms with Crippen molar-refractivity contribution in [1.29, 1.82) is 0 Å². The summed E-state index contributed by atoms with van der Waals surface area (Å²) in [5.74, 6) is 0. The molecule has 0 spiro atoms. The van der Waals surface area contributed by atoms with Crippen molar-refractivity contribution in [3.63, 3.8) is 0 Å². The molecule has 1 fully saturated rings. The molecule has 1 aliphatic heterocycles. The van der Waals surface area contributed by atoms with Crippen molar-refractivity contribution in [3.05, 3.63) is 71.8 Å². The van der Waals surface area contributed by atoms with E-state index in [0.717, 1.165) is 6.42 Å². The molecule has 0 aromatic heterocycles. The monoisotopic (exact) mass is 318 g/mol. The molecule has 0 unspecified atom stereocenters. The molecule has 2 aromatic rings. The Morgan fingerprint density at radius 1 is 1.00 bits per heavy atom. The Labute approximate surface area is 147 Å². The quantitative estimate of drug-likeness (QED) is 0.604. The van der Waals surface area contributed by atoms with Crippen molar-refractivity contribution in [1.82, 2.24) is 5.23 Å². The van der Waals surface area contributed by atoms with Crippen molar-refractivity contribution in [2.75, 3.05) is 0 Å². The topological polar surface area (TPSA) is 21.3 Å². The normalized spacial score (nSPS) is 19.4. The Kier molecular flexibility index (Phi) is 5.80. The van der Waals surface area contributed by atoms with Crippen LogP contribution in [0.25, 0.3) is 0 Å². The highest BCUT2D eigenvalue weighted by Crippen LogP contribution is 2.42. The van der Waals surface area contributed by atoms with Gasteiger partial charge in [-0.05, 0) is 24.4 Å². The molecule has 0 amide bonds. The standard InChI is InChI=1S/C20H26B2NO/c1-21-16-10-9-15-19-20(24-22(2)23-19,17-11-5-3-6-12-17)18-13-7-4-8-14-18/h3-8,11-14,19,23H,9-10,15-16H2,1-2H3/t19-/m0/s1. The van der Waals surface area contributed by atoms with Crippen LogP contribution in [0.4, 0.5) is 0 Å². The highest BCUT2D eigenvalue weighted by Gasteiger charge is 2.50. The molecule has 1 saturated heterocycles. The van der Waals surface area contributed by atoms with Gasteiger partial charge in [0, 0.05) is 6.04 Å². The van der Waals surface area contributed by atoms with E-state index < -0.39 is 5.60 Å². The van der Waals surface area contributed by atoms with E-state index >= 15 is 0 Å². The lowest BCUT2D eigenvalue weighted by Crippen LogP contribution is -2.42. The molecule has 1 atom stereocenters. The third-order valence-electron chi connectivity index (χ3n) is 4.93. The molecule has 0 bridgehead atoms. The van der Waals surface area contributed by atoms with Crippen LogP contribution in [0, 0.1) is 0 Å². The smallest absolute Gasteiger partial charge is 0.377 e. The summed E-state index contributed by atoms with van der Waals surface area (Å²) in [4.78, 5) is 0. The van der Waals surface area contributed by atoms with E-state index in [0.29, 0.717) is 0 Å². The van der Waals surface area contributed by atoms with Gasteiger partial charge in [0.1, 0.15) is 12.9 Å². The molecule has 1 aliphatic rings. The van der Waals surface area contributed by atoms with Crippen LogP contribution in [0.15, 0.2) is 60.7 Å². The number of benzene rings is 2. The van der Waals surface area contributed by atoms with Crippen LogP contribution in [0.2, 0.25) is 20.0 Å². The zero-order chi connectivity index (χ0) is 16.8. The van der Waals surface area contributed by atoms with Gasteiger partial charge < -0.3 is 9.88 Å². The first-order chi connectivity index (χ1) is 11.8. The minimum absolute atomic E-state index is 0.0492. The summed E-state index contributed by atoms with van der Waals surface area (Å²) < 4.78 is 6.57. The van der Waals surface area contributed by atoms with E-state index in [1.807, 2.05) is 0 Å². The van der Waals surface area contributed by atoms with E-state index in [4.69, 9.17) is 4.65 Å². The molecule has 3 rings (SSSR count). The molecule has 1 N–H and O–H groups in total. The van der Waals surface area contributed by atoms with E-state index in [-0.39, 0.29) is 13.1 Å². The Morgan fingerprint density at radius 3 is 2.12 bits per heavy atom. The molecule has 1 radical (unpaired) electrons. The summed E-state index contributed by atoms with van der Waals surface area (Å²) in [5, 5.41) is 3.69. The number of rotatable bonds is 7. The highest BCUT2D eigenvalue weighted by molar-refractivity contribution is 6.48. The van der Waals surface area contributed by atoms with Gasteiger partial charge in [-0.25, -0.2) is 0 Å². The molecule has 1 heterocycles.